The SMILES string of the molecule is CN(C)c1cccc(CN(C)C2CCN(C3CC3)C2=O)c1. The van der Waals surface area contributed by atoms with Gasteiger partial charge in [-0.1, -0.05) is 12.1 Å². The van der Waals surface area contributed by atoms with E-state index in [-0.39, 0.29) is 6.04 Å². The number of likely N-dealkylation sites (N-methyl/N-ethyl adjacent to an activating group) is 1. The number of rotatable bonds is 5. The average molecular weight is 287 g/mol. The zero-order valence-electron chi connectivity index (χ0n) is 13.2. The minimum absolute atomic E-state index is 0.0635. The molecular weight excluding hydrogens is 262 g/mol. The standard InChI is InChI=1S/C17H25N3O/c1-18(2)15-6-4-5-13(11-15)12-19(3)16-9-10-20(17(16)21)14-7-8-14/h4-6,11,14,16H,7-10,12H2,1-3H3. The Hall–Kier alpha value is -1.55. The van der Waals surface area contributed by atoms with E-state index in [0.29, 0.717) is 11.9 Å². The van der Waals surface area contributed by atoms with Crippen LogP contribution in [0.5, 0.6) is 0 Å². The number of anilines is 1. The fourth-order valence-electron chi connectivity index (χ4n) is 3.18. The molecule has 0 aromatic heterocycles. The number of nitrogens with zero attached hydrogens (tertiary/aromatic N) is 3. The van der Waals surface area contributed by atoms with Crippen molar-refractivity contribution >= 4 is 11.6 Å². The van der Waals surface area contributed by atoms with Gasteiger partial charge in [-0.15, -0.1) is 0 Å². The van der Waals surface area contributed by atoms with Crippen molar-refractivity contribution in [1.29, 1.82) is 0 Å². The van der Waals surface area contributed by atoms with Crippen LogP contribution in [0.25, 0.3) is 0 Å². The summed E-state index contributed by atoms with van der Waals surface area (Å²) in [6.07, 6.45) is 3.37. The molecule has 1 heterocycles. The fourth-order valence-corrected chi connectivity index (χ4v) is 3.18. The Morgan fingerprint density at radius 3 is 2.62 bits per heavy atom. The van der Waals surface area contributed by atoms with Crippen LogP contribution in [-0.4, -0.2) is 55.5 Å². The van der Waals surface area contributed by atoms with Gasteiger partial charge >= 0.3 is 0 Å². The van der Waals surface area contributed by atoms with Gasteiger partial charge in [0.25, 0.3) is 0 Å². The highest BCUT2D eigenvalue weighted by Gasteiger charge is 2.41. The van der Waals surface area contributed by atoms with Crippen molar-refractivity contribution in [3.63, 3.8) is 0 Å². The number of hydrogen-bond acceptors (Lipinski definition) is 3. The maximum absolute atomic E-state index is 12.5. The largest absolute Gasteiger partial charge is 0.378 e. The van der Waals surface area contributed by atoms with Crippen LogP contribution in [0.4, 0.5) is 5.69 Å². The number of hydrogen-bond donors (Lipinski definition) is 0. The molecule has 4 nitrogen and oxygen atoms in total. The summed E-state index contributed by atoms with van der Waals surface area (Å²) in [4.78, 5) is 18.9. The zero-order chi connectivity index (χ0) is 15.0. The van der Waals surface area contributed by atoms with Crippen molar-refractivity contribution in [3.05, 3.63) is 29.8 Å². The maximum atomic E-state index is 12.5. The molecule has 1 amide bonds. The van der Waals surface area contributed by atoms with Gasteiger partial charge in [-0.25, -0.2) is 0 Å². The van der Waals surface area contributed by atoms with E-state index < -0.39 is 0 Å². The highest BCUT2D eigenvalue weighted by Crippen LogP contribution is 2.32. The minimum Gasteiger partial charge on any atom is -0.378 e. The van der Waals surface area contributed by atoms with Crippen LogP contribution in [0, 0.1) is 0 Å². The van der Waals surface area contributed by atoms with Crippen molar-refractivity contribution < 1.29 is 4.79 Å². The molecule has 1 saturated carbocycles. The first-order valence-corrected chi connectivity index (χ1v) is 7.83. The van der Waals surface area contributed by atoms with Crippen molar-refractivity contribution in [2.45, 2.75) is 37.9 Å². The fraction of sp³-hybridized carbons (Fsp3) is 0.588. The Kier molecular flexibility index (Phi) is 3.89. The van der Waals surface area contributed by atoms with Gasteiger partial charge in [-0.2, -0.15) is 0 Å². The molecule has 0 spiro atoms. The maximum Gasteiger partial charge on any atom is 0.240 e. The Bertz CT molecular complexity index is 525. The number of amides is 1. The van der Waals surface area contributed by atoms with Crippen LogP contribution in [0.2, 0.25) is 0 Å². The lowest BCUT2D eigenvalue weighted by Gasteiger charge is -2.24. The molecule has 21 heavy (non-hydrogen) atoms. The van der Waals surface area contributed by atoms with Crippen molar-refractivity contribution in [1.82, 2.24) is 9.80 Å². The van der Waals surface area contributed by atoms with Gasteiger partial charge < -0.3 is 9.80 Å². The highest BCUT2D eigenvalue weighted by atomic mass is 16.2. The van der Waals surface area contributed by atoms with E-state index >= 15 is 0 Å². The third-order valence-corrected chi connectivity index (χ3v) is 4.59. The van der Waals surface area contributed by atoms with E-state index in [9.17, 15) is 4.79 Å². The van der Waals surface area contributed by atoms with E-state index in [0.717, 1.165) is 19.5 Å². The van der Waals surface area contributed by atoms with E-state index in [1.54, 1.807) is 0 Å². The van der Waals surface area contributed by atoms with Gasteiger partial charge in [0.1, 0.15) is 0 Å². The Morgan fingerprint density at radius 1 is 1.19 bits per heavy atom. The predicted molar refractivity (Wildman–Crippen MR) is 85.4 cm³/mol. The van der Waals surface area contributed by atoms with E-state index in [1.807, 2.05) is 0 Å². The molecular formula is C17H25N3O. The summed E-state index contributed by atoms with van der Waals surface area (Å²) in [7, 11) is 6.18. The van der Waals surface area contributed by atoms with Gasteiger partial charge in [0, 0.05) is 38.9 Å². The molecule has 114 valence electrons. The topological polar surface area (TPSA) is 26.8 Å². The van der Waals surface area contributed by atoms with Crippen LogP contribution in [0.15, 0.2) is 24.3 Å². The molecule has 1 aliphatic heterocycles. The summed E-state index contributed by atoms with van der Waals surface area (Å²) < 4.78 is 0. The summed E-state index contributed by atoms with van der Waals surface area (Å²) in [5, 5.41) is 0. The van der Waals surface area contributed by atoms with Gasteiger partial charge in [-0.3, -0.25) is 9.69 Å². The lowest BCUT2D eigenvalue weighted by atomic mass is 10.1. The Balaban J connectivity index is 1.64. The van der Waals surface area contributed by atoms with Gasteiger partial charge in [0.2, 0.25) is 5.91 Å². The molecule has 1 aromatic rings. The van der Waals surface area contributed by atoms with Crippen LogP contribution in [-0.2, 0) is 11.3 Å². The second-order valence-corrected chi connectivity index (χ2v) is 6.55. The predicted octanol–water partition coefficient (Wildman–Crippen LogP) is 1.95. The first-order chi connectivity index (χ1) is 10.1. The minimum atomic E-state index is 0.0635. The molecule has 1 unspecified atom stereocenters. The Labute approximate surface area is 127 Å². The van der Waals surface area contributed by atoms with Crippen LogP contribution >= 0.6 is 0 Å². The summed E-state index contributed by atoms with van der Waals surface area (Å²) in [5.74, 6) is 0.337. The lowest BCUT2D eigenvalue weighted by molar-refractivity contribution is -0.132. The monoisotopic (exact) mass is 287 g/mol. The Morgan fingerprint density at radius 2 is 1.95 bits per heavy atom. The summed E-state index contributed by atoms with van der Waals surface area (Å²) in [5.41, 5.74) is 2.47. The molecule has 2 aliphatic rings. The molecule has 0 radical (unpaired) electrons. The van der Waals surface area contributed by atoms with Gasteiger partial charge in [0.15, 0.2) is 0 Å². The zero-order valence-corrected chi connectivity index (χ0v) is 13.2. The molecule has 0 bridgehead atoms. The second-order valence-electron chi connectivity index (χ2n) is 6.55. The molecule has 4 heteroatoms. The molecule has 3 rings (SSSR count). The van der Waals surface area contributed by atoms with Gasteiger partial charge in [0.05, 0.1) is 6.04 Å². The van der Waals surface area contributed by atoms with E-state index in [2.05, 4.69) is 60.1 Å². The van der Waals surface area contributed by atoms with E-state index in [4.69, 9.17) is 0 Å². The second kappa shape index (κ2) is 5.68. The summed E-state index contributed by atoms with van der Waals surface area (Å²) >= 11 is 0. The third kappa shape index (κ3) is 3.05. The lowest BCUT2D eigenvalue weighted by Crippen LogP contribution is -2.40. The molecule has 0 N–H and O–H groups in total. The molecule has 1 aromatic carbocycles. The quantitative estimate of drug-likeness (QED) is 0.828. The van der Waals surface area contributed by atoms with Gasteiger partial charge in [-0.05, 0) is 44.0 Å². The smallest absolute Gasteiger partial charge is 0.240 e. The van der Waals surface area contributed by atoms with Crippen molar-refractivity contribution in [3.8, 4) is 0 Å². The average Bonchev–Trinajstić information content (AvgIpc) is 3.22. The van der Waals surface area contributed by atoms with E-state index in [1.165, 1.54) is 24.1 Å². The number of carbonyl (C=O) groups is 1. The van der Waals surface area contributed by atoms with Crippen molar-refractivity contribution in [2.24, 2.45) is 0 Å². The first-order valence-electron chi connectivity index (χ1n) is 7.83. The highest BCUT2D eigenvalue weighted by molar-refractivity contribution is 5.84. The molecule has 2 fully saturated rings. The molecule has 1 aliphatic carbocycles. The van der Waals surface area contributed by atoms with Crippen LogP contribution in [0.3, 0.4) is 0 Å². The number of likely N-dealkylation sites (tertiary alicyclic amines) is 1. The molecule has 1 saturated heterocycles. The summed E-state index contributed by atoms with van der Waals surface area (Å²) in [6, 6.07) is 9.15. The first kappa shape index (κ1) is 14.4. The normalized spacial score (nSPS) is 22.2. The van der Waals surface area contributed by atoms with Crippen LogP contribution < -0.4 is 4.90 Å². The van der Waals surface area contributed by atoms with Crippen molar-refractivity contribution in [2.75, 3.05) is 32.6 Å². The molecule has 1 atom stereocenters. The number of carbonyl (C=O) groups excluding carboxylic acids is 1. The number of benzene rings is 1. The summed E-state index contributed by atoms with van der Waals surface area (Å²) in [6.45, 7) is 1.77. The third-order valence-electron chi connectivity index (χ3n) is 4.59. The van der Waals surface area contributed by atoms with Crippen LogP contribution in [0.1, 0.15) is 24.8 Å².